The first kappa shape index (κ1) is 17.4. The van der Waals surface area contributed by atoms with Gasteiger partial charge in [0.05, 0.1) is 0 Å². The summed E-state index contributed by atoms with van der Waals surface area (Å²) in [5.74, 6) is -0.0494. The maximum atomic E-state index is 11.3. The summed E-state index contributed by atoms with van der Waals surface area (Å²) in [5, 5.41) is 0. The molecule has 1 unspecified atom stereocenters. The molecule has 0 heterocycles. The topological polar surface area (TPSA) is 17.1 Å². The third-order valence-electron chi connectivity index (χ3n) is 5.43. The van der Waals surface area contributed by atoms with Crippen LogP contribution >= 0.6 is 15.9 Å². The first-order valence-corrected chi connectivity index (χ1v) is 9.76. The lowest BCUT2D eigenvalue weighted by atomic mass is 9.71. The molecule has 0 bridgehead atoms. The van der Waals surface area contributed by atoms with E-state index in [1.165, 1.54) is 22.3 Å². The van der Waals surface area contributed by atoms with E-state index in [0.717, 1.165) is 42.0 Å². The van der Waals surface area contributed by atoms with E-state index in [9.17, 15) is 4.79 Å². The molecule has 0 radical (unpaired) electrons. The van der Waals surface area contributed by atoms with Gasteiger partial charge >= 0.3 is 0 Å². The molecular formula is C22H25BrO. The summed E-state index contributed by atoms with van der Waals surface area (Å²) in [5.41, 5.74) is 6.79. The van der Waals surface area contributed by atoms with Gasteiger partial charge in [-0.25, -0.2) is 0 Å². The lowest BCUT2D eigenvalue weighted by Gasteiger charge is -2.32. The Hall–Kier alpha value is -1.41. The van der Waals surface area contributed by atoms with Crippen LogP contribution in [-0.2, 0) is 10.2 Å². The predicted octanol–water partition coefficient (Wildman–Crippen LogP) is 6.62. The molecule has 24 heavy (non-hydrogen) atoms. The van der Waals surface area contributed by atoms with Crippen molar-refractivity contribution in [3.8, 4) is 11.1 Å². The normalized spacial score (nSPS) is 15.7. The molecule has 0 saturated carbocycles. The summed E-state index contributed by atoms with van der Waals surface area (Å²) in [6, 6.07) is 13.3. The van der Waals surface area contributed by atoms with Crippen LogP contribution in [0.1, 0.15) is 69.1 Å². The van der Waals surface area contributed by atoms with Gasteiger partial charge in [-0.1, -0.05) is 73.8 Å². The molecule has 1 atom stereocenters. The minimum Gasteiger partial charge on any atom is -0.303 e. The van der Waals surface area contributed by atoms with Gasteiger partial charge in [0.2, 0.25) is 0 Å². The van der Waals surface area contributed by atoms with Gasteiger partial charge in [0, 0.05) is 15.8 Å². The van der Waals surface area contributed by atoms with E-state index in [-0.39, 0.29) is 11.3 Å². The predicted molar refractivity (Wildman–Crippen MR) is 105 cm³/mol. The summed E-state index contributed by atoms with van der Waals surface area (Å²) in [7, 11) is 0. The highest BCUT2D eigenvalue weighted by Gasteiger charge is 2.42. The fraction of sp³-hybridized carbons (Fsp3) is 0.409. The fourth-order valence-corrected chi connectivity index (χ4v) is 4.73. The summed E-state index contributed by atoms with van der Waals surface area (Å²) < 4.78 is 1.15. The number of carbonyl (C=O) groups is 1. The lowest BCUT2D eigenvalue weighted by Crippen LogP contribution is -2.25. The molecule has 0 aliphatic heterocycles. The molecular weight excluding hydrogens is 360 g/mol. The Morgan fingerprint density at radius 2 is 1.58 bits per heavy atom. The molecule has 1 aliphatic carbocycles. The largest absolute Gasteiger partial charge is 0.303 e. The van der Waals surface area contributed by atoms with Gasteiger partial charge in [0.15, 0.2) is 0 Å². The highest BCUT2D eigenvalue weighted by molar-refractivity contribution is 9.10. The van der Waals surface area contributed by atoms with E-state index < -0.39 is 0 Å². The van der Waals surface area contributed by atoms with Gasteiger partial charge in [0.25, 0.3) is 0 Å². The zero-order valence-corrected chi connectivity index (χ0v) is 16.3. The smallest absolute Gasteiger partial charge is 0.127 e. The van der Waals surface area contributed by atoms with Crippen molar-refractivity contribution in [2.45, 2.75) is 57.8 Å². The number of fused-ring (bicyclic) bond motifs is 3. The van der Waals surface area contributed by atoms with Crippen molar-refractivity contribution >= 4 is 22.2 Å². The van der Waals surface area contributed by atoms with Crippen LogP contribution < -0.4 is 0 Å². The molecule has 0 fully saturated rings. The van der Waals surface area contributed by atoms with E-state index in [0.29, 0.717) is 0 Å². The molecule has 1 aliphatic rings. The number of hydrogen-bond donors (Lipinski definition) is 0. The Kier molecular flexibility index (Phi) is 4.96. The van der Waals surface area contributed by atoms with Crippen LogP contribution in [0, 0.1) is 0 Å². The molecule has 2 heteroatoms. The molecule has 2 aromatic rings. The zero-order chi connectivity index (χ0) is 17.3. The molecule has 0 aromatic heterocycles. The maximum Gasteiger partial charge on any atom is 0.127 e. The summed E-state index contributed by atoms with van der Waals surface area (Å²) in [6.45, 7) is 6.52. The van der Waals surface area contributed by atoms with Crippen molar-refractivity contribution in [3.05, 3.63) is 57.6 Å². The van der Waals surface area contributed by atoms with Crippen molar-refractivity contribution in [3.63, 3.8) is 0 Å². The average molecular weight is 385 g/mol. The maximum absolute atomic E-state index is 11.3. The first-order valence-electron chi connectivity index (χ1n) is 8.97. The van der Waals surface area contributed by atoms with Crippen LogP contribution in [0.4, 0.5) is 0 Å². The number of rotatable bonds is 6. The molecule has 0 spiro atoms. The van der Waals surface area contributed by atoms with Crippen LogP contribution in [0.3, 0.4) is 0 Å². The standard InChI is InChI=1S/C22H25BrO/c1-4-10-22(11-5-2)20-12-16(15(3)14-24)6-8-18(20)19-9-7-17(23)13-21(19)22/h6-9,12-15H,4-5,10-11H2,1-3H3. The van der Waals surface area contributed by atoms with Crippen LogP contribution in [0.15, 0.2) is 40.9 Å². The van der Waals surface area contributed by atoms with Gasteiger partial charge in [-0.05, 0) is 52.8 Å². The Balaban J connectivity index is 2.28. The van der Waals surface area contributed by atoms with Gasteiger partial charge in [-0.2, -0.15) is 0 Å². The van der Waals surface area contributed by atoms with Gasteiger partial charge in [0.1, 0.15) is 6.29 Å². The van der Waals surface area contributed by atoms with Crippen molar-refractivity contribution in [2.24, 2.45) is 0 Å². The van der Waals surface area contributed by atoms with Crippen LogP contribution in [-0.4, -0.2) is 6.29 Å². The van der Waals surface area contributed by atoms with Gasteiger partial charge in [-0.3, -0.25) is 0 Å². The summed E-state index contributed by atoms with van der Waals surface area (Å²) >= 11 is 3.67. The Morgan fingerprint density at radius 3 is 2.17 bits per heavy atom. The quantitative estimate of drug-likeness (QED) is 0.511. The van der Waals surface area contributed by atoms with E-state index in [4.69, 9.17) is 0 Å². The van der Waals surface area contributed by atoms with Crippen molar-refractivity contribution < 1.29 is 4.79 Å². The number of benzene rings is 2. The van der Waals surface area contributed by atoms with E-state index in [1.54, 1.807) is 0 Å². The molecule has 1 nitrogen and oxygen atoms in total. The van der Waals surface area contributed by atoms with Crippen LogP contribution in [0.2, 0.25) is 0 Å². The van der Waals surface area contributed by atoms with E-state index >= 15 is 0 Å². The summed E-state index contributed by atoms with van der Waals surface area (Å²) in [6.07, 6.45) is 5.64. The summed E-state index contributed by atoms with van der Waals surface area (Å²) in [4.78, 5) is 11.3. The Bertz CT molecular complexity index is 757. The monoisotopic (exact) mass is 384 g/mol. The van der Waals surface area contributed by atoms with Gasteiger partial charge in [-0.15, -0.1) is 0 Å². The molecule has 0 N–H and O–H groups in total. The van der Waals surface area contributed by atoms with Crippen LogP contribution in [0.25, 0.3) is 11.1 Å². The van der Waals surface area contributed by atoms with Crippen molar-refractivity contribution in [2.75, 3.05) is 0 Å². The number of aldehydes is 1. The van der Waals surface area contributed by atoms with Crippen LogP contribution in [0.5, 0.6) is 0 Å². The Morgan fingerprint density at radius 1 is 1.00 bits per heavy atom. The third-order valence-corrected chi connectivity index (χ3v) is 5.92. The average Bonchev–Trinajstić information content (AvgIpc) is 2.84. The number of hydrogen-bond acceptors (Lipinski definition) is 1. The zero-order valence-electron chi connectivity index (χ0n) is 14.7. The SMILES string of the molecule is CCCC1(CCC)c2cc(Br)ccc2-c2ccc(C(C)C=O)cc21. The third kappa shape index (κ3) is 2.65. The Labute approximate surface area is 153 Å². The lowest BCUT2D eigenvalue weighted by molar-refractivity contribution is -0.108. The van der Waals surface area contributed by atoms with Crippen molar-refractivity contribution in [1.29, 1.82) is 0 Å². The molecule has 0 saturated heterocycles. The number of halogens is 1. The second kappa shape index (κ2) is 6.84. The van der Waals surface area contributed by atoms with Crippen molar-refractivity contribution in [1.82, 2.24) is 0 Å². The van der Waals surface area contributed by atoms with Gasteiger partial charge < -0.3 is 4.79 Å². The minimum atomic E-state index is -0.0494. The highest BCUT2D eigenvalue weighted by Crippen LogP contribution is 2.54. The van der Waals surface area contributed by atoms with E-state index in [2.05, 4.69) is 66.2 Å². The molecule has 126 valence electrons. The second-order valence-electron chi connectivity index (χ2n) is 7.00. The minimum absolute atomic E-state index is 0.0494. The molecule has 3 rings (SSSR count). The van der Waals surface area contributed by atoms with E-state index in [1.807, 2.05) is 6.92 Å². The first-order chi connectivity index (χ1) is 11.6. The highest BCUT2D eigenvalue weighted by atomic mass is 79.9. The fourth-order valence-electron chi connectivity index (χ4n) is 4.36. The second-order valence-corrected chi connectivity index (χ2v) is 7.92. The molecule has 2 aromatic carbocycles. The molecule has 0 amide bonds. The number of carbonyl (C=O) groups excluding carboxylic acids is 1.